The van der Waals surface area contributed by atoms with Crippen molar-refractivity contribution in [2.75, 3.05) is 0 Å². The first-order valence-electron chi connectivity index (χ1n) is 6.92. The molecular formula is C17H14N3O2+. The topological polar surface area (TPSA) is 70.1 Å². The Hall–Kier alpha value is -3.13. The van der Waals surface area contributed by atoms with Crippen LogP contribution < -0.4 is 9.96 Å². The maximum absolute atomic E-state index is 12.7. The molecule has 0 aliphatic rings. The molecule has 1 N–H and O–H groups in total. The minimum atomic E-state index is -0.285. The number of rotatable bonds is 3. The Kier molecular flexibility index (Phi) is 3.58. The van der Waals surface area contributed by atoms with E-state index in [0.29, 0.717) is 17.8 Å². The predicted molar refractivity (Wildman–Crippen MR) is 81.2 cm³/mol. The fraction of sp³-hybridized carbons (Fsp3) is 0.118. The van der Waals surface area contributed by atoms with Gasteiger partial charge in [-0.1, -0.05) is 36.4 Å². The molecule has 3 rings (SSSR count). The van der Waals surface area contributed by atoms with Crippen molar-refractivity contribution in [3.05, 3.63) is 65.1 Å². The van der Waals surface area contributed by atoms with Crippen molar-refractivity contribution < 1.29 is 9.51 Å². The van der Waals surface area contributed by atoms with E-state index in [1.807, 2.05) is 18.2 Å². The highest BCUT2D eigenvalue weighted by Gasteiger charge is 2.24. The molecule has 0 radical (unpaired) electrons. The van der Waals surface area contributed by atoms with E-state index in [-0.39, 0.29) is 23.4 Å². The van der Waals surface area contributed by atoms with Gasteiger partial charge in [-0.3, -0.25) is 0 Å². The van der Waals surface area contributed by atoms with Crippen molar-refractivity contribution in [1.82, 2.24) is 4.57 Å². The van der Waals surface area contributed by atoms with Crippen LogP contribution in [0, 0.1) is 11.3 Å². The number of hydrogen-bond donors (Lipinski definition) is 1. The number of nitrogens with zero attached hydrogens (tertiary/aromatic N) is 3. The molecule has 0 unspecified atom stereocenters. The molecule has 0 atom stereocenters. The zero-order valence-corrected chi connectivity index (χ0v) is 11.8. The van der Waals surface area contributed by atoms with Crippen LogP contribution in [-0.2, 0) is 6.54 Å². The Bertz CT molecular complexity index is 924. The van der Waals surface area contributed by atoms with Crippen LogP contribution in [0.4, 0.5) is 0 Å². The van der Waals surface area contributed by atoms with Crippen LogP contribution in [0.3, 0.4) is 0 Å². The highest BCUT2D eigenvalue weighted by Crippen LogP contribution is 2.25. The van der Waals surface area contributed by atoms with Crippen LogP contribution in [0.2, 0.25) is 0 Å². The van der Waals surface area contributed by atoms with Crippen molar-refractivity contribution in [3.63, 3.8) is 0 Å². The molecule has 22 heavy (non-hydrogen) atoms. The summed E-state index contributed by atoms with van der Waals surface area (Å²) in [6.45, 7) is 0.315. The van der Waals surface area contributed by atoms with Crippen molar-refractivity contribution >= 4 is 5.65 Å². The normalized spacial score (nSPS) is 10.5. The van der Waals surface area contributed by atoms with Crippen LogP contribution in [0.15, 0.2) is 59.5 Å². The molecule has 2 heterocycles. The molecule has 0 amide bonds. The smallest absolute Gasteiger partial charge is 0.354 e. The van der Waals surface area contributed by atoms with E-state index in [9.17, 15) is 9.90 Å². The second-order valence-corrected chi connectivity index (χ2v) is 4.86. The molecule has 0 bridgehead atoms. The summed E-state index contributed by atoms with van der Waals surface area (Å²) in [5.74, 6) is -0.113. The summed E-state index contributed by atoms with van der Waals surface area (Å²) in [5.41, 5.74) is 1.16. The van der Waals surface area contributed by atoms with Gasteiger partial charge in [0.2, 0.25) is 0 Å². The SMILES string of the molecule is N#CCCn1c(O)c(-c2ccccc2)c(=O)[n+]2ccccc12. The molecule has 5 heteroatoms. The summed E-state index contributed by atoms with van der Waals surface area (Å²) < 4.78 is 3.08. The first-order valence-corrected chi connectivity index (χ1v) is 6.92. The van der Waals surface area contributed by atoms with Crippen molar-refractivity contribution in [2.45, 2.75) is 13.0 Å². The molecule has 3 aromatic rings. The highest BCUT2D eigenvalue weighted by molar-refractivity contribution is 5.67. The lowest BCUT2D eigenvalue weighted by Crippen LogP contribution is -2.43. The molecule has 0 spiro atoms. The maximum Gasteiger partial charge on any atom is 0.354 e. The minimum absolute atomic E-state index is 0.113. The van der Waals surface area contributed by atoms with Gasteiger partial charge in [0.25, 0.3) is 11.5 Å². The maximum atomic E-state index is 12.7. The number of aromatic nitrogens is 2. The van der Waals surface area contributed by atoms with E-state index in [1.165, 1.54) is 4.40 Å². The van der Waals surface area contributed by atoms with E-state index in [4.69, 9.17) is 5.26 Å². The van der Waals surface area contributed by atoms with E-state index in [2.05, 4.69) is 6.07 Å². The first-order chi connectivity index (χ1) is 10.7. The Morgan fingerprint density at radius 2 is 1.86 bits per heavy atom. The van der Waals surface area contributed by atoms with Crippen LogP contribution in [0.1, 0.15) is 6.42 Å². The van der Waals surface area contributed by atoms with Gasteiger partial charge in [-0.2, -0.15) is 14.2 Å². The lowest BCUT2D eigenvalue weighted by molar-refractivity contribution is -0.532. The Morgan fingerprint density at radius 3 is 2.59 bits per heavy atom. The third-order valence-electron chi connectivity index (χ3n) is 3.54. The standard InChI is InChI=1S/C17H13N3O2/c18-10-6-12-20-14-9-4-5-11-19(14)16(21)15(17(20)22)13-7-2-1-3-8-13/h1-5,7-9,11H,6,12H2/p+1. The number of nitriles is 1. The summed E-state index contributed by atoms with van der Waals surface area (Å²) in [6, 6.07) is 16.4. The number of hydrogen-bond acceptors (Lipinski definition) is 3. The molecule has 0 aliphatic heterocycles. The monoisotopic (exact) mass is 292 g/mol. The Labute approximate surface area is 126 Å². The molecule has 5 nitrogen and oxygen atoms in total. The van der Waals surface area contributed by atoms with Crippen molar-refractivity contribution in [2.24, 2.45) is 0 Å². The Morgan fingerprint density at radius 1 is 1.14 bits per heavy atom. The first kappa shape index (κ1) is 13.8. The summed E-state index contributed by atoms with van der Waals surface area (Å²) in [5, 5.41) is 19.4. The van der Waals surface area contributed by atoms with Gasteiger partial charge in [0.05, 0.1) is 18.7 Å². The van der Waals surface area contributed by atoms with Gasteiger partial charge < -0.3 is 5.11 Å². The van der Waals surface area contributed by atoms with Gasteiger partial charge in [0.1, 0.15) is 6.54 Å². The van der Waals surface area contributed by atoms with Crippen LogP contribution in [0.25, 0.3) is 16.8 Å². The molecule has 0 saturated heterocycles. The molecule has 0 aliphatic carbocycles. The average molecular weight is 292 g/mol. The van der Waals surface area contributed by atoms with Gasteiger partial charge in [-0.15, -0.1) is 0 Å². The number of pyridine rings is 1. The lowest BCUT2D eigenvalue weighted by atomic mass is 10.1. The van der Waals surface area contributed by atoms with E-state index in [0.717, 1.165) is 0 Å². The Balaban J connectivity index is 2.39. The fourth-order valence-electron chi connectivity index (χ4n) is 2.53. The molecule has 2 aromatic heterocycles. The van der Waals surface area contributed by atoms with Crippen molar-refractivity contribution in [3.8, 4) is 23.1 Å². The second-order valence-electron chi connectivity index (χ2n) is 4.86. The molecular weight excluding hydrogens is 278 g/mol. The van der Waals surface area contributed by atoms with Gasteiger partial charge >= 0.3 is 5.56 Å². The minimum Gasteiger partial charge on any atom is -0.477 e. The third kappa shape index (κ3) is 2.21. The van der Waals surface area contributed by atoms with Gasteiger partial charge in [0.15, 0.2) is 5.56 Å². The molecule has 1 aromatic carbocycles. The summed E-state index contributed by atoms with van der Waals surface area (Å²) in [4.78, 5) is 12.7. The number of benzene rings is 1. The summed E-state index contributed by atoms with van der Waals surface area (Å²) in [6.07, 6.45) is 1.90. The van der Waals surface area contributed by atoms with E-state index >= 15 is 0 Å². The third-order valence-corrected chi connectivity index (χ3v) is 3.54. The zero-order valence-electron chi connectivity index (χ0n) is 11.8. The van der Waals surface area contributed by atoms with Gasteiger partial charge in [-0.05, 0) is 11.6 Å². The van der Waals surface area contributed by atoms with E-state index < -0.39 is 0 Å². The second kappa shape index (κ2) is 5.70. The molecule has 0 saturated carbocycles. The zero-order chi connectivity index (χ0) is 15.5. The van der Waals surface area contributed by atoms with Gasteiger partial charge in [-0.25, -0.2) is 4.79 Å². The quantitative estimate of drug-likeness (QED) is 0.749. The fourth-order valence-corrected chi connectivity index (χ4v) is 2.53. The molecule has 0 fully saturated rings. The largest absolute Gasteiger partial charge is 0.477 e. The van der Waals surface area contributed by atoms with Crippen LogP contribution >= 0.6 is 0 Å². The number of fused-ring (bicyclic) bond motifs is 1. The van der Waals surface area contributed by atoms with Gasteiger partial charge in [0, 0.05) is 6.07 Å². The average Bonchev–Trinajstić information content (AvgIpc) is 2.56. The summed E-state index contributed by atoms with van der Waals surface area (Å²) >= 11 is 0. The summed E-state index contributed by atoms with van der Waals surface area (Å²) in [7, 11) is 0. The number of aryl methyl sites for hydroxylation is 1. The number of aromatic hydroxyl groups is 1. The van der Waals surface area contributed by atoms with Crippen molar-refractivity contribution in [1.29, 1.82) is 5.26 Å². The van der Waals surface area contributed by atoms with Crippen LogP contribution in [-0.4, -0.2) is 9.67 Å². The predicted octanol–water partition coefficient (Wildman–Crippen LogP) is 1.87. The molecule has 108 valence electrons. The lowest BCUT2D eigenvalue weighted by Gasteiger charge is -2.08. The highest BCUT2D eigenvalue weighted by atomic mass is 16.3. The van der Waals surface area contributed by atoms with E-state index in [1.54, 1.807) is 41.1 Å². The van der Waals surface area contributed by atoms with Crippen LogP contribution in [0.5, 0.6) is 5.88 Å².